The quantitative estimate of drug-likeness (QED) is 0.440. The molecule has 0 aromatic carbocycles. The SMILES string of the molecule is CCOC(=O)C(NC(=O)C(F)(F)F)C1(SN=O)CCN(C)CC1. The van der Waals surface area contributed by atoms with E-state index in [9.17, 15) is 27.7 Å². The van der Waals surface area contributed by atoms with Crippen molar-refractivity contribution in [3.63, 3.8) is 0 Å². The molecular weight excluding hydrogens is 339 g/mol. The first-order chi connectivity index (χ1) is 10.7. The molecule has 132 valence electrons. The maximum atomic E-state index is 12.5. The highest BCUT2D eigenvalue weighted by atomic mass is 32.2. The summed E-state index contributed by atoms with van der Waals surface area (Å²) in [5.74, 6) is -3.26. The van der Waals surface area contributed by atoms with Crippen molar-refractivity contribution < 1.29 is 27.5 Å². The molecule has 1 amide bonds. The van der Waals surface area contributed by atoms with Gasteiger partial charge in [0.05, 0.1) is 11.4 Å². The monoisotopic (exact) mass is 357 g/mol. The van der Waals surface area contributed by atoms with Gasteiger partial charge in [-0.25, -0.2) is 4.79 Å². The number of nitrogens with one attached hydrogen (secondary N) is 1. The van der Waals surface area contributed by atoms with Crippen LogP contribution in [0.1, 0.15) is 19.8 Å². The van der Waals surface area contributed by atoms with Crippen LogP contribution in [0.25, 0.3) is 0 Å². The maximum absolute atomic E-state index is 12.5. The lowest BCUT2D eigenvalue weighted by molar-refractivity contribution is -0.176. The standard InChI is InChI=1S/C12H18F3N3O4S/c1-3-22-9(19)8(16-10(20)12(13,14)15)11(23-17-21)4-6-18(2)7-5-11/h8H,3-7H2,1-2H3,(H,16,20). The van der Waals surface area contributed by atoms with Gasteiger partial charge in [0, 0.05) is 16.5 Å². The predicted molar refractivity (Wildman–Crippen MR) is 77.5 cm³/mol. The Kier molecular flexibility index (Phi) is 6.81. The number of hydrogen-bond donors (Lipinski definition) is 1. The van der Waals surface area contributed by atoms with Gasteiger partial charge in [0.15, 0.2) is 0 Å². The van der Waals surface area contributed by atoms with E-state index in [4.69, 9.17) is 4.74 Å². The van der Waals surface area contributed by atoms with Crippen molar-refractivity contribution in [2.45, 2.75) is 36.7 Å². The average molecular weight is 357 g/mol. The molecule has 1 heterocycles. The molecule has 0 bridgehead atoms. The molecule has 1 unspecified atom stereocenters. The van der Waals surface area contributed by atoms with Gasteiger partial charge in [-0.2, -0.15) is 13.2 Å². The van der Waals surface area contributed by atoms with Gasteiger partial charge in [-0.3, -0.25) is 4.79 Å². The average Bonchev–Trinajstić information content (AvgIpc) is 2.46. The Labute approximate surface area is 135 Å². The molecule has 7 nitrogen and oxygen atoms in total. The van der Waals surface area contributed by atoms with Crippen LogP contribution in [0.2, 0.25) is 0 Å². The Morgan fingerprint density at radius 3 is 2.39 bits per heavy atom. The number of carbonyl (C=O) groups excluding carboxylic acids is 2. The number of alkyl halides is 3. The normalized spacial score (nSPS) is 19.7. The van der Waals surface area contributed by atoms with E-state index in [1.54, 1.807) is 12.4 Å². The van der Waals surface area contributed by atoms with Crippen LogP contribution in [0.3, 0.4) is 0 Å². The Hall–Kier alpha value is -1.36. The summed E-state index contributed by atoms with van der Waals surface area (Å²) < 4.78 is 43.8. The van der Waals surface area contributed by atoms with Gasteiger partial charge in [-0.05, 0) is 39.9 Å². The van der Waals surface area contributed by atoms with Crippen LogP contribution >= 0.6 is 11.9 Å². The first kappa shape index (κ1) is 19.7. The van der Waals surface area contributed by atoms with Crippen LogP contribution in [0, 0.1) is 4.91 Å². The number of piperidine rings is 1. The first-order valence-electron chi connectivity index (χ1n) is 6.90. The summed E-state index contributed by atoms with van der Waals surface area (Å²) in [6, 6.07) is -1.60. The van der Waals surface area contributed by atoms with E-state index in [-0.39, 0.29) is 19.4 Å². The number of rotatable bonds is 6. The summed E-state index contributed by atoms with van der Waals surface area (Å²) >= 11 is 0.477. The highest BCUT2D eigenvalue weighted by Crippen LogP contribution is 2.40. The lowest BCUT2D eigenvalue weighted by Gasteiger charge is -2.42. The number of ether oxygens (including phenoxy) is 1. The summed E-state index contributed by atoms with van der Waals surface area (Å²) in [6.07, 6.45) is -4.72. The molecule has 23 heavy (non-hydrogen) atoms. The minimum absolute atomic E-state index is 0.0631. The fourth-order valence-electron chi connectivity index (χ4n) is 2.35. The Morgan fingerprint density at radius 1 is 1.39 bits per heavy atom. The van der Waals surface area contributed by atoms with Gasteiger partial charge < -0.3 is 15.0 Å². The molecule has 0 saturated carbocycles. The molecule has 1 N–H and O–H groups in total. The van der Waals surface area contributed by atoms with Crippen LogP contribution in [0.15, 0.2) is 4.58 Å². The van der Waals surface area contributed by atoms with Crippen molar-refractivity contribution in [2.75, 3.05) is 26.7 Å². The fourth-order valence-corrected chi connectivity index (χ4v) is 3.12. The third kappa shape index (κ3) is 5.06. The minimum Gasteiger partial charge on any atom is -0.464 e. The molecule has 0 spiro atoms. The maximum Gasteiger partial charge on any atom is 0.471 e. The third-order valence-corrected chi connectivity index (χ3v) is 4.72. The number of nitroso groups, excluding NO2 is 1. The highest BCUT2D eigenvalue weighted by Gasteiger charge is 2.51. The van der Waals surface area contributed by atoms with Crippen molar-refractivity contribution in [1.82, 2.24) is 10.2 Å². The molecule has 0 radical (unpaired) electrons. The molecule has 11 heteroatoms. The van der Waals surface area contributed by atoms with Crippen LogP contribution in [0.4, 0.5) is 13.2 Å². The molecule has 0 aromatic rings. The number of hydrogen-bond acceptors (Lipinski definition) is 7. The van der Waals surface area contributed by atoms with E-state index in [0.29, 0.717) is 25.0 Å². The summed E-state index contributed by atoms with van der Waals surface area (Å²) in [7, 11) is 1.80. The fraction of sp³-hybridized carbons (Fsp3) is 0.833. The zero-order valence-corrected chi connectivity index (χ0v) is 13.5. The van der Waals surface area contributed by atoms with E-state index in [2.05, 4.69) is 4.58 Å². The molecule has 1 fully saturated rings. The van der Waals surface area contributed by atoms with Crippen molar-refractivity contribution in [3.05, 3.63) is 4.91 Å². The second-order valence-corrected chi connectivity index (χ2v) is 6.33. The van der Waals surface area contributed by atoms with Gasteiger partial charge in [0.1, 0.15) is 6.04 Å². The van der Waals surface area contributed by atoms with Gasteiger partial charge in [0.2, 0.25) is 0 Å². The zero-order chi connectivity index (χ0) is 17.7. The van der Waals surface area contributed by atoms with Crippen LogP contribution in [0.5, 0.6) is 0 Å². The van der Waals surface area contributed by atoms with Crippen LogP contribution in [-0.2, 0) is 14.3 Å². The zero-order valence-electron chi connectivity index (χ0n) is 12.7. The molecule has 0 aliphatic carbocycles. The number of esters is 1. The van der Waals surface area contributed by atoms with Gasteiger partial charge >= 0.3 is 18.1 Å². The van der Waals surface area contributed by atoms with Crippen LogP contribution < -0.4 is 5.32 Å². The third-order valence-electron chi connectivity index (χ3n) is 3.63. The molecule has 1 aliphatic heterocycles. The lowest BCUT2D eigenvalue weighted by Crippen LogP contribution is -2.60. The predicted octanol–water partition coefficient (Wildman–Crippen LogP) is 1.48. The summed E-state index contributed by atoms with van der Waals surface area (Å²) in [5.41, 5.74) is 0. The Bertz CT molecular complexity index is 453. The number of amides is 1. The van der Waals surface area contributed by atoms with E-state index in [0.717, 1.165) is 0 Å². The summed E-state index contributed by atoms with van der Waals surface area (Å²) in [6.45, 7) is 2.32. The molecule has 1 rings (SSSR count). The van der Waals surface area contributed by atoms with E-state index < -0.39 is 28.8 Å². The lowest BCUT2D eigenvalue weighted by atomic mass is 9.88. The topological polar surface area (TPSA) is 88.1 Å². The number of likely N-dealkylation sites (tertiary alicyclic amines) is 1. The Morgan fingerprint density at radius 2 is 1.96 bits per heavy atom. The van der Waals surface area contributed by atoms with Crippen molar-refractivity contribution >= 4 is 23.8 Å². The number of nitrogens with zero attached hydrogens (tertiary/aromatic N) is 2. The van der Waals surface area contributed by atoms with Crippen molar-refractivity contribution in [1.29, 1.82) is 0 Å². The van der Waals surface area contributed by atoms with Crippen molar-refractivity contribution in [3.8, 4) is 0 Å². The van der Waals surface area contributed by atoms with E-state index in [1.807, 2.05) is 4.90 Å². The highest BCUT2D eigenvalue weighted by molar-refractivity contribution is 7.99. The van der Waals surface area contributed by atoms with E-state index >= 15 is 0 Å². The molecular formula is C12H18F3N3O4S. The van der Waals surface area contributed by atoms with Gasteiger partial charge in [0.25, 0.3) is 0 Å². The minimum atomic E-state index is -5.14. The molecule has 0 aromatic heterocycles. The van der Waals surface area contributed by atoms with E-state index in [1.165, 1.54) is 6.92 Å². The Balaban J connectivity index is 3.10. The summed E-state index contributed by atoms with van der Waals surface area (Å²) in [4.78, 5) is 36.0. The second kappa shape index (κ2) is 7.95. The first-order valence-corrected chi connectivity index (χ1v) is 7.67. The molecule has 1 saturated heterocycles. The van der Waals surface area contributed by atoms with Gasteiger partial charge in [-0.1, -0.05) is 0 Å². The van der Waals surface area contributed by atoms with Crippen LogP contribution in [-0.4, -0.2) is 60.5 Å². The summed E-state index contributed by atoms with van der Waals surface area (Å²) in [5, 5.41) is 1.68. The van der Waals surface area contributed by atoms with Crippen molar-refractivity contribution in [2.24, 2.45) is 4.58 Å². The smallest absolute Gasteiger partial charge is 0.464 e. The molecule has 1 atom stereocenters. The van der Waals surface area contributed by atoms with Gasteiger partial charge in [-0.15, -0.1) is 4.91 Å². The number of carbonyl (C=O) groups is 2. The second-order valence-electron chi connectivity index (χ2n) is 5.19. The molecule has 1 aliphatic rings. The number of halogens is 3. The largest absolute Gasteiger partial charge is 0.471 e.